The second-order valence-electron chi connectivity index (χ2n) is 3.65. The van der Waals surface area contributed by atoms with Crippen LogP contribution in [0.15, 0.2) is 18.3 Å². The first-order valence-electron chi connectivity index (χ1n) is 5.41. The number of esters is 1. The molecule has 1 aromatic rings. The number of hydrogen-bond donors (Lipinski definition) is 0. The smallest absolute Gasteiger partial charge is 0.325 e. The van der Waals surface area contributed by atoms with E-state index in [-0.39, 0.29) is 12.5 Å². The first kappa shape index (κ1) is 12.5. The number of nitrogens with zero attached hydrogens (tertiary/aromatic N) is 2. The number of rotatable bonds is 5. The van der Waals surface area contributed by atoms with Crippen LogP contribution in [0, 0.1) is 6.92 Å². The Kier molecular flexibility index (Phi) is 4.76. The van der Waals surface area contributed by atoms with Crippen LogP contribution in [-0.2, 0) is 9.53 Å². The van der Waals surface area contributed by atoms with Gasteiger partial charge in [0, 0.05) is 24.1 Å². The highest BCUT2D eigenvalue weighted by atomic mass is 16.5. The first-order valence-corrected chi connectivity index (χ1v) is 5.41. The van der Waals surface area contributed by atoms with Gasteiger partial charge in [0.15, 0.2) is 0 Å². The van der Waals surface area contributed by atoms with Crippen molar-refractivity contribution in [1.29, 1.82) is 0 Å². The van der Waals surface area contributed by atoms with Gasteiger partial charge in [0.1, 0.15) is 6.54 Å². The Morgan fingerprint density at radius 3 is 2.88 bits per heavy atom. The number of hydrogen-bond acceptors (Lipinski definition) is 4. The largest absolute Gasteiger partial charge is 0.468 e. The number of anilines is 1. The Labute approximate surface area is 96.2 Å². The van der Waals surface area contributed by atoms with Gasteiger partial charge in [-0.15, -0.1) is 0 Å². The summed E-state index contributed by atoms with van der Waals surface area (Å²) < 4.78 is 4.68. The third-order valence-corrected chi connectivity index (χ3v) is 2.29. The molecule has 0 bridgehead atoms. The van der Waals surface area contributed by atoms with Gasteiger partial charge in [-0.25, -0.2) is 0 Å². The van der Waals surface area contributed by atoms with Crippen molar-refractivity contribution in [2.45, 2.75) is 20.3 Å². The van der Waals surface area contributed by atoms with E-state index in [0.717, 1.165) is 24.3 Å². The predicted molar refractivity (Wildman–Crippen MR) is 63.5 cm³/mol. The number of pyridine rings is 1. The summed E-state index contributed by atoms with van der Waals surface area (Å²) in [5.41, 5.74) is 1.96. The fourth-order valence-electron chi connectivity index (χ4n) is 1.52. The second-order valence-corrected chi connectivity index (χ2v) is 3.65. The molecule has 88 valence electrons. The summed E-state index contributed by atoms with van der Waals surface area (Å²) in [7, 11) is 1.41. The molecular formula is C12H18N2O2. The molecule has 1 heterocycles. The topological polar surface area (TPSA) is 42.4 Å². The van der Waals surface area contributed by atoms with Crippen molar-refractivity contribution in [2.75, 3.05) is 25.1 Å². The van der Waals surface area contributed by atoms with Gasteiger partial charge in [0.25, 0.3) is 0 Å². The Balaban J connectivity index is 2.80. The normalized spacial score (nSPS) is 9.94. The summed E-state index contributed by atoms with van der Waals surface area (Å²) in [5.74, 6) is -0.220. The molecule has 0 aromatic carbocycles. The molecule has 0 aliphatic carbocycles. The monoisotopic (exact) mass is 222 g/mol. The number of aryl methyl sites for hydroxylation is 1. The van der Waals surface area contributed by atoms with Crippen molar-refractivity contribution in [3.63, 3.8) is 0 Å². The summed E-state index contributed by atoms with van der Waals surface area (Å²) in [5, 5.41) is 0. The van der Waals surface area contributed by atoms with Crippen LogP contribution in [0.2, 0.25) is 0 Å². The van der Waals surface area contributed by atoms with Crippen LogP contribution in [0.1, 0.15) is 19.0 Å². The lowest BCUT2D eigenvalue weighted by Crippen LogP contribution is -2.31. The number of methoxy groups -OCH3 is 1. The van der Waals surface area contributed by atoms with E-state index in [0.29, 0.717) is 0 Å². The highest BCUT2D eigenvalue weighted by Crippen LogP contribution is 2.14. The van der Waals surface area contributed by atoms with Crippen LogP contribution in [0.25, 0.3) is 0 Å². The average molecular weight is 222 g/mol. The van der Waals surface area contributed by atoms with Crippen molar-refractivity contribution in [3.05, 3.63) is 24.0 Å². The lowest BCUT2D eigenvalue weighted by atomic mass is 10.3. The van der Waals surface area contributed by atoms with E-state index in [2.05, 4.69) is 16.6 Å². The maximum atomic E-state index is 11.3. The number of carbonyl (C=O) groups excluding carboxylic acids is 1. The Bertz CT molecular complexity index is 353. The Hall–Kier alpha value is -1.58. The Morgan fingerprint density at radius 1 is 1.56 bits per heavy atom. The van der Waals surface area contributed by atoms with Crippen LogP contribution in [-0.4, -0.2) is 31.2 Å². The number of ether oxygens (including phenoxy) is 1. The SMILES string of the molecule is CCCN(CC(=O)OC)c1ccnc(C)c1. The van der Waals surface area contributed by atoms with Crippen LogP contribution in [0.3, 0.4) is 0 Å². The average Bonchev–Trinajstić information content (AvgIpc) is 2.28. The van der Waals surface area contributed by atoms with E-state index in [1.165, 1.54) is 7.11 Å². The molecule has 4 heteroatoms. The molecule has 0 aliphatic rings. The third-order valence-electron chi connectivity index (χ3n) is 2.29. The van der Waals surface area contributed by atoms with Gasteiger partial charge in [0.2, 0.25) is 0 Å². The molecule has 0 fully saturated rings. The fourth-order valence-corrected chi connectivity index (χ4v) is 1.52. The van der Waals surface area contributed by atoms with Crippen molar-refractivity contribution in [2.24, 2.45) is 0 Å². The van der Waals surface area contributed by atoms with Gasteiger partial charge < -0.3 is 9.64 Å². The molecule has 0 N–H and O–H groups in total. The molecule has 1 aromatic heterocycles. The minimum Gasteiger partial charge on any atom is -0.468 e. The Morgan fingerprint density at radius 2 is 2.31 bits per heavy atom. The van der Waals surface area contributed by atoms with Crippen molar-refractivity contribution >= 4 is 11.7 Å². The molecule has 0 spiro atoms. The zero-order chi connectivity index (χ0) is 12.0. The van der Waals surface area contributed by atoms with Crippen LogP contribution < -0.4 is 4.90 Å². The third kappa shape index (κ3) is 3.53. The summed E-state index contributed by atoms with van der Waals surface area (Å²) in [6.45, 7) is 5.14. The standard InChI is InChI=1S/C12H18N2O2/c1-4-7-14(9-12(15)16-3)11-5-6-13-10(2)8-11/h5-6,8H,4,7,9H2,1-3H3. The van der Waals surface area contributed by atoms with Crippen molar-refractivity contribution < 1.29 is 9.53 Å². The second kappa shape index (κ2) is 6.10. The molecule has 0 unspecified atom stereocenters. The quantitative estimate of drug-likeness (QED) is 0.712. The van der Waals surface area contributed by atoms with Gasteiger partial charge in [-0.2, -0.15) is 0 Å². The predicted octanol–water partition coefficient (Wildman–Crippen LogP) is 1.78. The summed E-state index contributed by atoms with van der Waals surface area (Å²) >= 11 is 0. The lowest BCUT2D eigenvalue weighted by Gasteiger charge is -2.22. The first-order chi connectivity index (χ1) is 7.67. The van der Waals surface area contributed by atoms with Gasteiger partial charge in [0.05, 0.1) is 7.11 Å². The lowest BCUT2D eigenvalue weighted by molar-refractivity contribution is -0.138. The van der Waals surface area contributed by atoms with E-state index >= 15 is 0 Å². The van der Waals surface area contributed by atoms with E-state index in [1.807, 2.05) is 24.0 Å². The summed E-state index contributed by atoms with van der Waals surface area (Å²) in [4.78, 5) is 17.4. The molecule has 0 radical (unpaired) electrons. The van der Waals surface area contributed by atoms with Gasteiger partial charge in [-0.3, -0.25) is 9.78 Å². The maximum absolute atomic E-state index is 11.3. The highest BCUT2D eigenvalue weighted by molar-refractivity contribution is 5.75. The molecule has 4 nitrogen and oxygen atoms in total. The molecule has 0 saturated carbocycles. The molecular weight excluding hydrogens is 204 g/mol. The van der Waals surface area contributed by atoms with Crippen LogP contribution in [0.4, 0.5) is 5.69 Å². The minimum atomic E-state index is -0.220. The molecule has 0 amide bonds. The van der Waals surface area contributed by atoms with Crippen molar-refractivity contribution in [3.8, 4) is 0 Å². The van der Waals surface area contributed by atoms with Crippen LogP contribution in [0.5, 0.6) is 0 Å². The number of carbonyl (C=O) groups is 1. The van der Waals surface area contributed by atoms with Crippen LogP contribution >= 0.6 is 0 Å². The van der Waals surface area contributed by atoms with Gasteiger partial charge in [-0.1, -0.05) is 6.92 Å². The highest BCUT2D eigenvalue weighted by Gasteiger charge is 2.10. The minimum absolute atomic E-state index is 0.220. The molecule has 0 aliphatic heterocycles. The van der Waals surface area contributed by atoms with Gasteiger partial charge in [-0.05, 0) is 25.5 Å². The van der Waals surface area contributed by atoms with E-state index in [9.17, 15) is 4.79 Å². The molecule has 0 atom stereocenters. The van der Waals surface area contributed by atoms with E-state index < -0.39 is 0 Å². The molecule has 0 saturated heterocycles. The number of aromatic nitrogens is 1. The zero-order valence-electron chi connectivity index (χ0n) is 10.1. The zero-order valence-corrected chi connectivity index (χ0v) is 10.1. The summed E-state index contributed by atoms with van der Waals surface area (Å²) in [6.07, 6.45) is 2.74. The van der Waals surface area contributed by atoms with E-state index in [4.69, 9.17) is 0 Å². The molecule has 16 heavy (non-hydrogen) atoms. The van der Waals surface area contributed by atoms with Gasteiger partial charge >= 0.3 is 5.97 Å². The maximum Gasteiger partial charge on any atom is 0.325 e. The fraction of sp³-hybridized carbons (Fsp3) is 0.500. The summed E-state index contributed by atoms with van der Waals surface area (Å²) in [6, 6.07) is 3.88. The van der Waals surface area contributed by atoms with E-state index in [1.54, 1.807) is 6.20 Å². The molecule has 1 rings (SSSR count). The van der Waals surface area contributed by atoms with Crippen molar-refractivity contribution in [1.82, 2.24) is 4.98 Å².